The number of hydrogen-bond acceptors (Lipinski definition) is 4. The van der Waals surface area contributed by atoms with Crippen LogP contribution in [0.1, 0.15) is 33.3 Å². The molecule has 0 radical (unpaired) electrons. The molecule has 1 aromatic carbocycles. The quantitative estimate of drug-likeness (QED) is 0.848. The highest BCUT2D eigenvalue weighted by Gasteiger charge is 2.17. The molecule has 124 valence electrons. The summed E-state index contributed by atoms with van der Waals surface area (Å²) in [5.74, 6) is -0.162. The fraction of sp³-hybridized carbons (Fsp3) is 0.562. The van der Waals surface area contributed by atoms with Gasteiger partial charge in [0.25, 0.3) is 0 Å². The molecule has 22 heavy (non-hydrogen) atoms. The van der Waals surface area contributed by atoms with E-state index in [0.29, 0.717) is 13.1 Å². The van der Waals surface area contributed by atoms with Gasteiger partial charge in [-0.25, -0.2) is 9.18 Å². The molecule has 0 saturated carbocycles. The molecule has 5 nitrogen and oxygen atoms in total. The smallest absolute Gasteiger partial charge is 0.407 e. The Labute approximate surface area is 131 Å². The summed E-state index contributed by atoms with van der Waals surface area (Å²) in [6.07, 6.45) is -0.447. The molecule has 0 bridgehead atoms. The van der Waals surface area contributed by atoms with E-state index in [9.17, 15) is 9.18 Å². The van der Waals surface area contributed by atoms with Crippen LogP contribution in [-0.2, 0) is 11.3 Å². The summed E-state index contributed by atoms with van der Waals surface area (Å²) in [5.41, 5.74) is 0.292. The molecule has 1 rings (SSSR count). The first kappa shape index (κ1) is 18.2. The third-order valence-corrected chi connectivity index (χ3v) is 2.76. The van der Waals surface area contributed by atoms with Crippen molar-refractivity contribution in [1.29, 1.82) is 0 Å². The molecule has 0 aliphatic rings. The Kier molecular flexibility index (Phi) is 6.61. The van der Waals surface area contributed by atoms with Crippen LogP contribution < -0.4 is 15.4 Å². The Morgan fingerprint density at radius 2 is 2.05 bits per heavy atom. The number of nitrogens with one attached hydrogen (secondary N) is 2. The summed E-state index contributed by atoms with van der Waals surface area (Å²) in [5, 5.41) is 5.89. The first-order valence-electron chi connectivity index (χ1n) is 7.24. The van der Waals surface area contributed by atoms with Crippen LogP contribution in [0.3, 0.4) is 0 Å². The topological polar surface area (TPSA) is 59.6 Å². The summed E-state index contributed by atoms with van der Waals surface area (Å²) in [6, 6.07) is 4.71. The molecule has 0 heterocycles. The Morgan fingerprint density at radius 3 is 2.59 bits per heavy atom. The lowest BCUT2D eigenvalue weighted by Gasteiger charge is -2.22. The minimum absolute atomic E-state index is 0.0991. The maximum atomic E-state index is 13.5. The predicted octanol–water partition coefficient (Wildman–Crippen LogP) is 2.84. The molecule has 6 heteroatoms. The average molecular weight is 312 g/mol. The van der Waals surface area contributed by atoms with Gasteiger partial charge < -0.3 is 20.1 Å². The van der Waals surface area contributed by atoms with Crippen molar-refractivity contribution in [3.05, 3.63) is 29.6 Å². The molecular formula is C16H25FN2O3. The van der Waals surface area contributed by atoms with Crippen LogP contribution in [0.15, 0.2) is 18.2 Å². The van der Waals surface area contributed by atoms with Crippen LogP contribution in [0.4, 0.5) is 9.18 Å². The predicted molar refractivity (Wildman–Crippen MR) is 83.5 cm³/mol. The number of carbonyl (C=O) groups excluding carboxylic acids is 1. The summed E-state index contributed by atoms with van der Waals surface area (Å²) < 4.78 is 23.6. The van der Waals surface area contributed by atoms with Gasteiger partial charge in [-0.05, 0) is 45.4 Å². The van der Waals surface area contributed by atoms with Crippen LogP contribution in [0, 0.1) is 5.82 Å². The number of benzene rings is 1. The van der Waals surface area contributed by atoms with E-state index in [2.05, 4.69) is 10.6 Å². The lowest BCUT2D eigenvalue weighted by molar-refractivity contribution is 0.0508. The Hall–Kier alpha value is -1.82. The number of alkyl carbamates (subject to hydrolysis) is 1. The monoisotopic (exact) mass is 312 g/mol. The first-order valence-corrected chi connectivity index (χ1v) is 7.24. The van der Waals surface area contributed by atoms with Gasteiger partial charge in [-0.1, -0.05) is 6.07 Å². The number of halogens is 1. The molecule has 1 unspecified atom stereocenters. The normalized spacial score (nSPS) is 12.6. The maximum absolute atomic E-state index is 13.5. The lowest BCUT2D eigenvalue weighted by atomic mass is 10.2. The van der Waals surface area contributed by atoms with Crippen molar-refractivity contribution in [3.8, 4) is 5.75 Å². The Morgan fingerprint density at radius 1 is 1.36 bits per heavy atom. The van der Waals surface area contributed by atoms with Gasteiger partial charge >= 0.3 is 6.09 Å². The molecule has 0 saturated heterocycles. The molecule has 0 spiro atoms. The van der Waals surface area contributed by atoms with Gasteiger partial charge in [0.15, 0.2) is 11.6 Å². The van der Waals surface area contributed by atoms with Crippen molar-refractivity contribution in [2.45, 2.75) is 45.9 Å². The van der Waals surface area contributed by atoms with E-state index >= 15 is 0 Å². The minimum Gasteiger partial charge on any atom is -0.494 e. The zero-order valence-electron chi connectivity index (χ0n) is 13.8. The highest BCUT2D eigenvalue weighted by Crippen LogP contribution is 2.17. The average Bonchev–Trinajstić information content (AvgIpc) is 2.36. The number of ether oxygens (including phenoxy) is 2. The van der Waals surface area contributed by atoms with Crippen LogP contribution in [0.2, 0.25) is 0 Å². The van der Waals surface area contributed by atoms with Gasteiger partial charge in [0.05, 0.1) is 7.11 Å². The molecule has 0 fully saturated rings. The van der Waals surface area contributed by atoms with E-state index in [-0.39, 0.29) is 17.6 Å². The van der Waals surface area contributed by atoms with Gasteiger partial charge in [0.2, 0.25) is 0 Å². The van der Waals surface area contributed by atoms with E-state index < -0.39 is 11.7 Å². The van der Waals surface area contributed by atoms with Gasteiger partial charge in [-0.2, -0.15) is 0 Å². The second-order valence-corrected chi connectivity index (χ2v) is 6.15. The largest absolute Gasteiger partial charge is 0.494 e. The van der Waals surface area contributed by atoms with Crippen molar-refractivity contribution in [1.82, 2.24) is 10.6 Å². The third-order valence-electron chi connectivity index (χ3n) is 2.76. The van der Waals surface area contributed by atoms with E-state index in [4.69, 9.17) is 9.47 Å². The lowest BCUT2D eigenvalue weighted by Crippen LogP contribution is -2.42. The van der Waals surface area contributed by atoms with E-state index in [1.54, 1.807) is 12.1 Å². The molecule has 1 atom stereocenters. The van der Waals surface area contributed by atoms with Crippen molar-refractivity contribution >= 4 is 6.09 Å². The molecule has 0 aliphatic heterocycles. The zero-order valence-corrected chi connectivity index (χ0v) is 13.8. The van der Waals surface area contributed by atoms with E-state index in [1.165, 1.54) is 13.2 Å². The number of hydrogen-bond donors (Lipinski definition) is 2. The third kappa shape index (κ3) is 6.76. The van der Waals surface area contributed by atoms with E-state index in [0.717, 1.165) is 5.56 Å². The van der Waals surface area contributed by atoms with Crippen LogP contribution >= 0.6 is 0 Å². The summed E-state index contributed by atoms with van der Waals surface area (Å²) in [6.45, 7) is 8.36. The molecular weight excluding hydrogens is 287 g/mol. The van der Waals surface area contributed by atoms with Crippen molar-refractivity contribution in [2.75, 3.05) is 13.7 Å². The number of carbonyl (C=O) groups is 1. The van der Waals surface area contributed by atoms with Gasteiger partial charge in [-0.3, -0.25) is 0 Å². The maximum Gasteiger partial charge on any atom is 0.407 e. The highest BCUT2D eigenvalue weighted by molar-refractivity contribution is 5.68. The number of amides is 1. The minimum atomic E-state index is -0.516. The second kappa shape index (κ2) is 7.98. The number of methoxy groups -OCH3 is 1. The Balaban J connectivity index is 2.34. The first-order chi connectivity index (χ1) is 10.2. The fourth-order valence-corrected chi connectivity index (χ4v) is 1.81. The summed E-state index contributed by atoms with van der Waals surface area (Å²) >= 11 is 0. The van der Waals surface area contributed by atoms with Crippen LogP contribution in [-0.4, -0.2) is 31.4 Å². The molecule has 1 amide bonds. The Bertz CT molecular complexity index is 501. The molecule has 0 aromatic heterocycles. The van der Waals surface area contributed by atoms with Gasteiger partial charge in [0.1, 0.15) is 5.60 Å². The molecule has 1 aromatic rings. The zero-order chi connectivity index (χ0) is 16.8. The second-order valence-electron chi connectivity index (χ2n) is 6.15. The summed E-state index contributed by atoms with van der Waals surface area (Å²) in [4.78, 5) is 11.6. The van der Waals surface area contributed by atoms with Crippen molar-refractivity contribution < 1.29 is 18.7 Å². The fourth-order valence-electron chi connectivity index (χ4n) is 1.81. The van der Waals surface area contributed by atoms with Crippen LogP contribution in [0.25, 0.3) is 0 Å². The highest BCUT2D eigenvalue weighted by atomic mass is 19.1. The van der Waals surface area contributed by atoms with Crippen molar-refractivity contribution in [3.63, 3.8) is 0 Å². The SMILES string of the molecule is COc1ccc(CNCC(C)NC(=O)OC(C)(C)C)cc1F. The van der Waals surface area contributed by atoms with Gasteiger partial charge in [0, 0.05) is 19.1 Å². The van der Waals surface area contributed by atoms with Crippen LogP contribution in [0.5, 0.6) is 5.75 Å². The standard InChI is InChI=1S/C16H25FN2O3/c1-11(19-15(20)22-16(2,3)4)9-18-10-12-6-7-14(21-5)13(17)8-12/h6-8,11,18H,9-10H2,1-5H3,(H,19,20). The molecule has 0 aliphatic carbocycles. The number of rotatable bonds is 6. The summed E-state index contributed by atoms with van der Waals surface area (Å²) in [7, 11) is 1.43. The van der Waals surface area contributed by atoms with Crippen molar-refractivity contribution in [2.24, 2.45) is 0 Å². The van der Waals surface area contributed by atoms with Gasteiger partial charge in [-0.15, -0.1) is 0 Å². The molecule has 2 N–H and O–H groups in total. The van der Waals surface area contributed by atoms with E-state index in [1.807, 2.05) is 27.7 Å².